The lowest BCUT2D eigenvalue weighted by molar-refractivity contribution is 0.948. The molecule has 0 N–H and O–H groups in total. The number of aromatic nitrogens is 2. The second-order valence-corrected chi connectivity index (χ2v) is 3.40. The minimum atomic E-state index is 0.634. The fraction of sp³-hybridized carbons (Fsp3) is 0.125. The van der Waals surface area contributed by atoms with Gasteiger partial charge in [0.25, 0.3) is 0 Å². The van der Waals surface area contributed by atoms with Gasteiger partial charge in [-0.05, 0) is 12.1 Å². The Morgan fingerprint density at radius 1 is 1.25 bits per heavy atom. The highest BCUT2D eigenvalue weighted by molar-refractivity contribution is 6.39. The van der Waals surface area contributed by atoms with Gasteiger partial charge in [-0.15, -0.1) is 0 Å². The number of hydrogen-bond donors (Lipinski definition) is 0. The highest BCUT2D eigenvalue weighted by Crippen LogP contribution is 2.27. The first kappa shape index (κ1) is 7.90. The smallest absolute Gasteiger partial charge is 0.109 e. The number of nitrogens with zero attached hydrogens (tertiary/aromatic N) is 2. The average molecular weight is 201 g/mol. The van der Waals surface area contributed by atoms with Crippen molar-refractivity contribution in [2.45, 2.75) is 0 Å². The molecule has 0 bridgehead atoms. The van der Waals surface area contributed by atoms with Crippen molar-refractivity contribution in [3.63, 3.8) is 0 Å². The molecule has 2 rings (SSSR count). The summed E-state index contributed by atoms with van der Waals surface area (Å²) in [7, 11) is 1.89. The quantitative estimate of drug-likeness (QED) is 0.640. The Morgan fingerprint density at radius 3 is 2.58 bits per heavy atom. The van der Waals surface area contributed by atoms with Crippen molar-refractivity contribution in [3.05, 3.63) is 28.5 Å². The Hall–Kier alpha value is -0.730. The van der Waals surface area contributed by atoms with Crippen molar-refractivity contribution in [3.8, 4) is 0 Å². The molecule has 0 saturated heterocycles. The Labute approximate surface area is 79.7 Å². The van der Waals surface area contributed by atoms with Crippen LogP contribution in [0.5, 0.6) is 0 Å². The van der Waals surface area contributed by atoms with Crippen LogP contribution in [0.1, 0.15) is 0 Å². The molecule has 1 aromatic carbocycles. The zero-order valence-electron chi connectivity index (χ0n) is 6.38. The topological polar surface area (TPSA) is 17.8 Å². The van der Waals surface area contributed by atoms with Gasteiger partial charge in [-0.1, -0.05) is 23.2 Å². The summed E-state index contributed by atoms with van der Waals surface area (Å²) in [5, 5.41) is 1.31. The van der Waals surface area contributed by atoms with E-state index in [-0.39, 0.29) is 0 Å². The van der Waals surface area contributed by atoms with Crippen molar-refractivity contribution >= 4 is 34.2 Å². The molecule has 0 spiro atoms. The summed E-state index contributed by atoms with van der Waals surface area (Å²) in [5.74, 6) is 0. The maximum atomic E-state index is 5.96. The summed E-state index contributed by atoms with van der Waals surface area (Å²) < 4.78 is 1.85. The molecule has 2 aromatic rings. The molecule has 2 nitrogen and oxygen atoms in total. The van der Waals surface area contributed by atoms with Crippen LogP contribution in [0.4, 0.5) is 0 Å². The third-order valence-corrected chi connectivity index (χ3v) is 2.38. The molecular formula is C8H6Cl2N2. The first-order valence-corrected chi connectivity index (χ1v) is 4.21. The van der Waals surface area contributed by atoms with Crippen LogP contribution in [0.15, 0.2) is 18.5 Å². The van der Waals surface area contributed by atoms with Gasteiger partial charge in [0.2, 0.25) is 0 Å². The number of hydrogen-bond acceptors (Lipinski definition) is 1. The van der Waals surface area contributed by atoms with Crippen molar-refractivity contribution in [2.75, 3.05) is 0 Å². The van der Waals surface area contributed by atoms with Crippen molar-refractivity contribution in [2.24, 2.45) is 7.05 Å². The first-order chi connectivity index (χ1) is 5.70. The summed E-state index contributed by atoms with van der Waals surface area (Å²) in [5.41, 5.74) is 1.64. The van der Waals surface area contributed by atoms with E-state index < -0.39 is 0 Å². The third kappa shape index (κ3) is 0.993. The minimum absolute atomic E-state index is 0.634. The van der Waals surface area contributed by atoms with Crippen LogP contribution in [0, 0.1) is 0 Å². The Bertz CT molecular complexity index is 434. The zero-order valence-corrected chi connectivity index (χ0v) is 7.89. The van der Waals surface area contributed by atoms with Gasteiger partial charge in [-0.3, -0.25) is 0 Å². The second kappa shape index (κ2) is 2.64. The van der Waals surface area contributed by atoms with Gasteiger partial charge in [0.05, 0.1) is 21.9 Å². The molecule has 12 heavy (non-hydrogen) atoms. The fourth-order valence-electron chi connectivity index (χ4n) is 1.19. The predicted octanol–water partition coefficient (Wildman–Crippen LogP) is 2.88. The van der Waals surface area contributed by atoms with Crippen LogP contribution in [-0.4, -0.2) is 9.55 Å². The number of halogens is 2. The molecule has 1 aromatic heterocycles. The van der Waals surface area contributed by atoms with Crippen LogP contribution < -0.4 is 0 Å². The number of rotatable bonds is 0. The standard InChI is InChI=1S/C8H6Cl2N2/c1-12-4-11-7-5(9)2-3-6(10)8(7)12/h2-4H,1H3. The molecule has 0 atom stereocenters. The first-order valence-electron chi connectivity index (χ1n) is 3.45. The summed E-state index contributed by atoms with van der Waals surface area (Å²) >= 11 is 11.9. The maximum absolute atomic E-state index is 5.96. The van der Waals surface area contributed by atoms with Gasteiger partial charge in [-0.2, -0.15) is 0 Å². The van der Waals surface area contributed by atoms with E-state index in [1.54, 1.807) is 18.5 Å². The molecule has 0 aliphatic heterocycles. The Morgan fingerprint density at radius 2 is 1.92 bits per heavy atom. The minimum Gasteiger partial charge on any atom is -0.332 e. The molecule has 1 heterocycles. The number of aryl methyl sites for hydroxylation is 1. The van der Waals surface area contributed by atoms with Crippen molar-refractivity contribution < 1.29 is 0 Å². The van der Waals surface area contributed by atoms with Gasteiger partial charge in [0.1, 0.15) is 5.52 Å². The van der Waals surface area contributed by atoms with Crippen LogP contribution >= 0.6 is 23.2 Å². The third-order valence-electron chi connectivity index (χ3n) is 1.77. The summed E-state index contributed by atoms with van der Waals surface area (Å²) in [6, 6.07) is 3.52. The van der Waals surface area contributed by atoms with Gasteiger partial charge in [0.15, 0.2) is 0 Å². The molecule has 0 aliphatic rings. The van der Waals surface area contributed by atoms with Crippen LogP contribution in [0.3, 0.4) is 0 Å². The highest BCUT2D eigenvalue weighted by Gasteiger charge is 2.06. The van der Waals surface area contributed by atoms with Crippen LogP contribution in [0.25, 0.3) is 11.0 Å². The van der Waals surface area contributed by atoms with E-state index in [1.165, 1.54) is 0 Å². The number of imidazole rings is 1. The van der Waals surface area contributed by atoms with E-state index in [4.69, 9.17) is 23.2 Å². The fourth-order valence-corrected chi connectivity index (χ4v) is 1.68. The van der Waals surface area contributed by atoms with Crippen LogP contribution in [-0.2, 0) is 7.05 Å². The van der Waals surface area contributed by atoms with E-state index in [2.05, 4.69) is 4.98 Å². The highest BCUT2D eigenvalue weighted by atomic mass is 35.5. The van der Waals surface area contributed by atoms with Crippen LogP contribution in [0.2, 0.25) is 10.0 Å². The molecule has 0 saturated carbocycles. The van der Waals surface area contributed by atoms with Crippen molar-refractivity contribution in [1.82, 2.24) is 9.55 Å². The molecule has 0 unspecified atom stereocenters. The number of benzene rings is 1. The second-order valence-electron chi connectivity index (χ2n) is 2.58. The summed E-state index contributed by atoms with van der Waals surface area (Å²) in [6.07, 6.45) is 1.70. The van der Waals surface area contributed by atoms with Gasteiger partial charge < -0.3 is 4.57 Å². The van der Waals surface area contributed by atoms with E-state index in [0.717, 1.165) is 11.0 Å². The summed E-state index contributed by atoms with van der Waals surface area (Å²) in [4.78, 5) is 4.13. The predicted molar refractivity (Wildman–Crippen MR) is 50.7 cm³/mol. The monoisotopic (exact) mass is 200 g/mol. The largest absolute Gasteiger partial charge is 0.332 e. The normalized spacial score (nSPS) is 10.9. The zero-order chi connectivity index (χ0) is 8.72. The maximum Gasteiger partial charge on any atom is 0.109 e. The summed E-state index contributed by atoms with van der Waals surface area (Å²) in [6.45, 7) is 0. The van der Waals surface area contributed by atoms with E-state index >= 15 is 0 Å². The lowest BCUT2D eigenvalue weighted by Gasteiger charge is -1.97. The molecular weight excluding hydrogens is 195 g/mol. The van der Waals surface area contributed by atoms with Crippen molar-refractivity contribution in [1.29, 1.82) is 0 Å². The van der Waals surface area contributed by atoms with Gasteiger partial charge in [0, 0.05) is 7.05 Å². The molecule has 4 heteroatoms. The lowest BCUT2D eigenvalue weighted by Crippen LogP contribution is -1.84. The molecule has 0 fully saturated rings. The molecule has 0 radical (unpaired) electrons. The Balaban J connectivity index is 2.98. The molecule has 0 aliphatic carbocycles. The molecule has 62 valence electrons. The average Bonchev–Trinajstić information content (AvgIpc) is 2.42. The van der Waals surface area contributed by atoms with E-state index in [0.29, 0.717) is 10.0 Å². The van der Waals surface area contributed by atoms with E-state index in [9.17, 15) is 0 Å². The van der Waals surface area contributed by atoms with Gasteiger partial charge in [-0.25, -0.2) is 4.98 Å². The lowest BCUT2D eigenvalue weighted by atomic mass is 10.3. The van der Waals surface area contributed by atoms with Gasteiger partial charge >= 0.3 is 0 Å². The van der Waals surface area contributed by atoms with E-state index in [1.807, 2.05) is 11.6 Å². The number of fused-ring (bicyclic) bond motifs is 1. The Kier molecular flexibility index (Phi) is 1.74. The SMILES string of the molecule is Cn1cnc2c(Cl)ccc(Cl)c21. The molecule has 0 amide bonds.